The molecular weight excluding hydrogens is 286 g/mol. The molecule has 0 atom stereocenters. The van der Waals surface area contributed by atoms with Crippen LogP contribution < -0.4 is 11.1 Å². The van der Waals surface area contributed by atoms with Crippen LogP contribution in [0.4, 0.5) is 5.69 Å². The number of aromatic nitrogens is 1. The van der Waals surface area contributed by atoms with Gasteiger partial charge in [0.15, 0.2) is 0 Å². The highest BCUT2D eigenvalue weighted by Crippen LogP contribution is 2.20. The fourth-order valence-corrected chi connectivity index (χ4v) is 1.90. The molecule has 2 rings (SSSR count). The second-order valence-electron chi connectivity index (χ2n) is 4.34. The number of nitrogens with two attached hydrogens (primary N) is 1. The number of anilines is 1. The van der Waals surface area contributed by atoms with Gasteiger partial charge in [-0.1, -0.05) is 23.4 Å². The molecule has 0 spiro atoms. The zero-order valence-electron chi connectivity index (χ0n) is 11.5. The molecule has 1 aromatic heterocycles. The Morgan fingerprint density at radius 1 is 1.38 bits per heavy atom. The Morgan fingerprint density at radius 2 is 2.19 bits per heavy atom. The molecule has 0 saturated carbocycles. The van der Waals surface area contributed by atoms with Crippen LogP contribution in [-0.2, 0) is 0 Å². The van der Waals surface area contributed by atoms with Gasteiger partial charge >= 0.3 is 0 Å². The molecule has 0 aliphatic heterocycles. The molecular formula is C16H14ClN3O. The molecule has 0 aliphatic carbocycles. The van der Waals surface area contributed by atoms with Crippen LogP contribution in [0.15, 0.2) is 36.5 Å². The predicted octanol–water partition coefficient (Wildman–Crippen LogP) is 2.61. The third-order valence-corrected chi connectivity index (χ3v) is 3.04. The van der Waals surface area contributed by atoms with Crippen molar-refractivity contribution in [2.45, 2.75) is 6.92 Å². The van der Waals surface area contributed by atoms with E-state index in [0.29, 0.717) is 21.8 Å². The number of nitrogens with zero attached hydrogens (tertiary/aromatic N) is 1. The van der Waals surface area contributed by atoms with Gasteiger partial charge in [-0.2, -0.15) is 0 Å². The van der Waals surface area contributed by atoms with Gasteiger partial charge in [-0.25, -0.2) is 0 Å². The Bertz CT molecular complexity index is 732. The maximum absolute atomic E-state index is 12.1. The molecule has 0 aliphatic rings. The van der Waals surface area contributed by atoms with E-state index in [-0.39, 0.29) is 12.5 Å². The van der Waals surface area contributed by atoms with Crippen LogP contribution in [0.25, 0.3) is 0 Å². The van der Waals surface area contributed by atoms with Gasteiger partial charge in [-0.15, -0.1) is 0 Å². The Balaban J connectivity index is 2.21. The van der Waals surface area contributed by atoms with E-state index in [1.807, 2.05) is 6.92 Å². The van der Waals surface area contributed by atoms with Crippen molar-refractivity contribution < 1.29 is 4.79 Å². The second-order valence-corrected chi connectivity index (χ2v) is 4.75. The number of pyridine rings is 1. The van der Waals surface area contributed by atoms with Crippen LogP contribution in [0, 0.1) is 18.8 Å². The SMILES string of the molecule is Cc1cc(C(=O)Nc2ccc(Cl)c(C#CCN)c2)ccn1. The van der Waals surface area contributed by atoms with E-state index in [4.69, 9.17) is 17.3 Å². The summed E-state index contributed by atoms with van der Waals surface area (Å²) in [5.41, 5.74) is 7.93. The van der Waals surface area contributed by atoms with Crippen LogP contribution in [-0.4, -0.2) is 17.4 Å². The fourth-order valence-electron chi connectivity index (χ4n) is 1.74. The monoisotopic (exact) mass is 299 g/mol. The van der Waals surface area contributed by atoms with E-state index in [0.717, 1.165) is 5.69 Å². The van der Waals surface area contributed by atoms with Crippen LogP contribution in [0.1, 0.15) is 21.6 Å². The number of hydrogen-bond donors (Lipinski definition) is 2. The van der Waals surface area contributed by atoms with Crippen LogP contribution in [0.3, 0.4) is 0 Å². The number of halogens is 1. The molecule has 106 valence electrons. The van der Waals surface area contributed by atoms with Crippen molar-refractivity contribution in [1.29, 1.82) is 0 Å². The smallest absolute Gasteiger partial charge is 0.255 e. The molecule has 0 bridgehead atoms. The van der Waals surface area contributed by atoms with Gasteiger partial charge in [0.1, 0.15) is 0 Å². The average molecular weight is 300 g/mol. The highest BCUT2D eigenvalue weighted by atomic mass is 35.5. The van der Waals surface area contributed by atoms with Gasteiger partial charge in [0, 0.05) is 28.7 Å². The van der Waals surface area contributed by atoms with Gasteiger partial charge in [-0.05, 0) is 37.3 Å². The number of benzene rings is 1. The van der Waals surface area contributed by atoms with Gasteiger partial charge in [0.05, 0.1) is 11.6 Å². The van der Waals surface area contributed by atoms with Crippen molar-refractivity contribution in [2.24, 2.45) is 5.73 Å². The third-order valence-electron chi connectivity index (χ3n) is 2.71. The van der Waals surface area contributed by atoms with E-state index < -0.39 is 0 Å². The molecule has 21 heavy (non-hydrogen) atoms. The lowest BCUT2D eigenvalue weighted by atomic mass is 10.1. The topological polar surface area (TPSA) is 68.0 Å². The minimum Gasteiger partial charge on any atom is -0.322 e. The van der Waals surface area contributed by atoms with Crippen molar-refractivity contribution in [2.75, 3.05) is 11.9 Å². The summed E-state index contributed by atoms with van der Waals surface area (Å²) in [6.07, 6.45) is 1.60. The summed E-state index contributed by atoms with van der Waals surface area (Å²) in [5, 5.41) is 3.33. The Labute approximate surface area is 128 Å². The van der Waals surface area contributed by atoms with E-state index in [1.54, 1.807) is 36.5 Å². The van der Waals surface area contributed by atoms with Gasteiger partial charge in [0.25, 0.3) is 5.91 Å². The first-order chi connectivity index (χ1) is 10.1. The summed E-state index contributed by atoms with van der Waals surface area (Å²) in [7, 11) is 0. The van der Waals surface area contributed by atoms with E-state index >= 15 is 0 Å². The molecule has 1 aromatic carbocycles. The number of rotatable bonds is 2. The van der Waals surface area contributed by atoms with Gasteiger partial charge in [0.2, 0.25) is 0 Å². The first kappa shape index (κ1) is 15.0. The van der Waals surface area contributed by atoms with Gasteiger partial charge in [-0.3, -0.25) is 9.78 Å². The summed E-state index contributed by atoms with van der Waals surface area (Å²) in [6, 6.07) is 8.52. The standard InChI is InChI=1S/C16H14ClN3O/c1-11-9-13(6-8-19-11)16(21)20-14-4-5-15(17)12(10-14)3-2-7-18/h4-6,8-10H,7,18H2,1H3,(H,20,21). The first-order valence-corrected chi connectivity index (χ1v) is 6.70. The largest absolute Gasteiger partial charge is 0.322 e. The quantitative estimate of drug-likeness (QED) is 0.838. The highest BCUT2D eigenvalue weighted by Gasteiger charge is 2.07. The molecule has 4 nitrogen and oxygen atoms in total. The van der Waals surface area contributed by atoms with E-state index in [1.165, 1.54) is 0 Å². The molecule has 0 radical (unpaired) electrons. The third kappa shape index (κ3) is 4.06. The Hall–Kier alpha value is -2.35. The first-order valence-electron chi connectivity index (χ1n) is 6.32. The lowest BCUT2D eigenvalue weighted by molar-refractivity contribution is 0.102. The number of amides is 1. The zero-order chi connectivity index (χ0) is 15.2. The highest BCUT2D eigenvalue weighted by molar-refractivity contribution is 6.31. The number of carbonyl (C=O) groups is 1. The average Bonchev–Trinajstić information content (AvgIpc) is 2.47. The molecule has 0 unspecified atom stereocenters. The lowest BCUT2D eigenvalue weighted by Gasteiger charge is -2.07. The van der Waals surface area contributed by atoms with Crippen molar-refractivity contribution in [3.63, 3.8) is 0 Å². The minimum absolute atomic E-state index is 0.208. The molecule has 2 aromatic rings. The summed E-state index contributed by atoms with van der Waals surface area (Å²) >= 11 is 6.04. The normalized spacial score (nSPS) is 9.67. The van der Waals surface area contributed by atoms with E-state index in [2.05, 4.69) is 22.1 Å². The van der Waals surface area contributed by atoms with Gasteiger partial charge < -0.3 is 11.1 Å². The molecule has 1 amide bonds. The van der Waals surface area contributed by atoms with Crippen LogP contribution >= 0.6 is 11.6 Å². The van der Waals surface area contributed by atoms with Crippen molar-refractivity contribution in [3.05, 3.63) is 58.4 Å². The Kier molecular flexibility index (Phi) is 4.94. The summed E-state index contributed by atoms with van der Waals surface area (Å²) in [6.45, 7) is 2.09. The van der Waals surface area contributed by atoms with E-state index in [9.17, 15) is 4.79 Å². The summed E-state index contributed by atoms with van der Waals surface area (Å²) in [5.74, 6) is 5.40. The lowest BCUT2D eigenvalue weighted by Crippen LogP contribution is -2.12. The maximum Gasteiger partial charge on any atom is 0.255 e. The predicted molar refractivity (Wildman–Crippen MR) is 84.3 cm³/mol. The molecule has 5 heteroatoms. The second kappa shape index (κ2) is 6.89. The van der Waals surface area contributed by atoms with Crippen molar-refractivity contribution >= 4 is 23.2 Å². The maximum atomic E-state index is 12.1. The van der Waals surface area contributed by atoms with Crippen LogP contribution in [0.2, 0.25) is 5.02 Å². The molecule has 1 heterocycles. The van der Waals surface area contributed by atoms with Crippen molar-refractivity contribution in [1.82, 2.24) is 4.98 Å². The molecule has 3 N–H and O–H groups in total. The fraction of sp³-hybridized carbons (Fsp3) is 0.125. The molecule has 0 saturated heterocycles. The Morgan fingerprint density at radius 3 is 2.90 bits per heavy atom. The number of nitrogens with one attached hydrogen (secondary N) is 1. The van der Waals surface area contributed by atoms with Crippen LogP contribution in [0.5, 0.6) is 0 Å². The number of hydrogen-bond acceptors (Lipinski definition) is 3. The summed E-state index contributed by atoms with van der Waals surface area (Å²) in [4.78, 5) is 16.2. The van der Waals surface area contributed by atoms with Crippen molar-refractivity contribution in [3.8, 4) is 11.8 Å². The summed E-state index contributed by atoms with van der Waals surface area (Å²) < 4.78 is 0. The minimum atomic E-state index is -0.208. The number of carbonyl (C=O) groups excluding carboxylic acids is 1. The zero-order valence-corrected chi connectivity index (χ0v) is 12.2. The number of aryl methyl sites for hydroxylation is 1. The molecule has 0 fully saturated rings.